The Labute approximate surface area is 107 Å². The van der Waals surface area contributed by atoms with Crippen LogP contribution in [0.25, 0.3) is 0 Å². The van der Waals surface area contributed by atoms with Gasteiger partial charge in [0, 0.05) is 32.6 Å². The summed E-state index contributed by atoms with van der Waals surface area (Å²) >= 11 is 0. The topological polar surface area (TPSA) is 73.4 Å². The summed E-state index contributed by atoms with van der Waals surface area (Å²) in [7, 11) is 1.61. The molecule has 100 valence electrons. The van der Waals surface area contributed by atoms with E-state index in [1.165, 1.54) is 0 Å². The Morgan fingerprint density at radius 1 is 1.56 bits per heavy atom. The summed E-state index contributed by atoms with van der Waals surface area (Å²) in [6.07, 6.45) is 7.20. The van der Waals surface area contributed by atoms with Gasteiger partial charge in [0.05, 0.1) is 12.9 Å². The molecule has 1 fully saturated rings. The van der Waals surface area contributed by atoms with Gasteiger partial charge in [0.15, 0.2) is 0 Å². The summed E-state index contributed by atoms with van der Waals surface area (Å²) in [5.74, 6) is -0.285. The molecule has 1 unspecified atom stereocenters. The highest BCUT2D eigenvalue weighted by Crippen LogP contribution is 2.29. The molecule has 18 heavy (non-hydrogen) atoms. The zero-order chi connectivity index (χ0) is 13.0. The van der Waals surface area contributed by atoms with Gasteiger partial charge in [-0.2, -0.15) is 0 Å². The smallest absolute Gasteiger partial charge is 0.240 e. The number of nitrogens with zero attached hydrogens (tertiary/aromatic N) is 3. The van der Waals surface area contributed by atoms with E-state index in [1.54, 1.807) is 19.6 Å². The summed E-state index contributed by atoms with van der Waals surface area (Å²) in [4.78, 5) is 17.9. The third-order valence-corrected chi connectivity index (χ3v) is 3.65. The van der Waals surface area contributed by atoms with Gasteiger partial charge in [-0.15, -0.1) is 0 Å². The minimum Gasteiger partial charge on any atom is -0.382 e. The molecule has 1 amide bonds. The maximum Gasteiger partial charge on any atom is 0.240 e. The van der Waals surface area contributed by atoms with Gasteiger partial charge in [-0.3, -0.25) is 9.69 Å². The second-order valence-corrected chi connectivity index (χ2v) is 4.72. The molecular formula is C12H20N4O2. The van der Waals surface area contributed by atoms with Crippen LogP contribution in [-0.4, -0.2) is 52.7 Å². The number of nitrogens with two attached hydrogens (primary N) is 1. The van der Waals surface area contributed by atoms with Gasteiger partial charge in [0.2, 0.25) is 5.91 Å². The van der Waals surface area contributed by atoms with Gasteiger partial charge in [-0.25, -0.2) is 4.98 Å². The largest absolute Gasteiger partial charge is 0.382 e. The number of amides is 1. The van der Waals surface area contributed by atoms with Crippen molar-refractivity contribution in [3.05, 3.63) is 18.7 Å². The number of aromatic nitrogens is 2. The van der Waals surface area contributed by atoms with Crippen LogP contribution in [0.15, 0.2) is 18.7 Å². The van der Waals surface area contributed by atoms with Crippen molar-refractivity contribution in [2.45, 2.75) is 24.9 Å². The Bertz CT molecular complexity index is 393. The molecule has 0 spiro atoms. The molecule has 1 aromatic heterocycles. The number of rotatable bonds is 6. The number of methoxy groups -OCH3 is 1. The maximum absolute atomic E-state index is 11.8. The standard InChI is InChI=1S/C12H20N4O2/c1-18-9-12(11(13)17)3-2-5-16(12)8-7-15-6-4-14-10-15/h4,6,10H,2-3,5,7-9H2,1H3,(H2,13,17). The first-order valence-corrected chi connectivity index (χ1v) is 6.19. The average Bonchev–Trinajstić information content (AvgIpc) is 2.96. The van der Waals surface area contributed by atoms with Gasteiger partial charge < -0.3 is 15.0 Å². The highest BCUT2D eigenvalue weighted by Gasteiger charge is 2.45. The van der Waals surface area contributed by atoms with Crippen LogP contribution in [-0.2, 0) is 16.1 Å². The lowest BCUT2D eigenvalue weighted by Gasteiger charge is -2.35. The molecular weight excluding hydrogens is 232 g/mol. The van der Waals surface area contributed by atoms with Crippen LogP contribution in [0, 0.1) is 0 Å². The summed E-state index contributed by atoms with van der Waals surface area (Å²) in [5.41, 5.74) is 4.95. The molecule has 1 aliphatic rings. The van der Waals surface area contributed by atoms with Gasteiger partial charge in [0.25, 0.3) is 0 Å². The molecule has 2 rings (SSSR count). The molecule has 6 nitrogen and oxygen atoms in total. The van der Waals surface area contributed by atoms with Gasteiger partial charge >= 0.3 is 0 Å². The van der Waals surface area contributed by atoms with Crippen LogP contribution in [0.5, 0.6) is 0 Å². The molecule has 1 aromatic rings. The van der Waals surface area contributed by atoms with E-state index in [4.69, 9.17) is 10.5 Å². The molecule has 6 heteroatoms. The SMILES string of the molecule is COCC1(C(N)=O)CCCN1CCn1ccnc1. The second kappa shape index (κ2) is 5.49. The third kappa shape index (κ3) is 2.39. The molecule has 0 radical (unpaired) electrons. The fourth-order valence-electron chi connectivity index (χ4n) is 2.67. The van der Waals surface area contributed by atoms with Crippen molar-refractivity contribution in [1.29, 1.82) is 0 Å². The van der Waals surface area contributed by atoms with E-state index in [0.717, 1.165) is 32.5 Å². The van der Waals surface area contributed by atoms with Gasteiger partial charge in [-0.1, -0.05) is 0 Å². The van der Waals surface area contributed by atoms with Crippen LogP contribution in [0.2, 0.25) is 0 Å². The minimum atomic E-state index is -0.630. The summed E-state index contributed by atoms with van der Waals surface area (Å²) in [6, 6.07) is 0. The first-order chi connectivity index (χ1) is 8.69. The zero-order valence-corrected chi connectivity index (χ0v) is 10.7. The molecule has 1 saturated heterocycles. The Morgan fingerprint density at radius 3 is 3.00 bits per heavy atom. The minimum absolute atomic E-state index is 0.285. The maximum atomic E-state index is 11.8. The van der Waals surface area contributed by atoms with E-state index < -0.39 is 5.54 Å². The Hall–Kier alpha value is -1.40. The van der Waals surface area contributed by atoms with Crippen LogP contribution < -0.4 is 5.73 Å². The van der Waals surface area contributed by atoms with Crippen LogP contribution in [0.4, 0.5) is 0 Å². The molecule has 2 N–H and O–H groups in total. The van der Waals surface area contributed by atoms with Crippen molar-refractivity contribution >= 4 is 5.91 Å². The first-order valence-electron chi connectivity index (χ1n) is 6.19. The van der Waals surface area contributed by atoms with E-state index >= 15 is 0 Å². The van der Waals surface area contributed by atoms with Crippen molar-refractivity contribution in [2.24, 2.45) is 5.73 Å². The number of primary amides is 1. The number of carbonyl (C=O) groups excluding carboxylic acids is 1. The molecule has 0 aromatic carbocycles. The fourth-order valence-corrected chi connectivity index (χ4v) is 2.67. The molecule has 0 saturated carbocycles. The lowest BCUT2D eigenvalue weighted by atomic mass is 9.96. The number of likely N-dealkylation sites (tertiary alicyclic amines) is 1. The van der Waals surface area contributed by atoms with E-state index in [1.807, 2.05) is 10.8 Å². The normalized spacial score (nSPS) is 24.5. The van der Waals surface area contributed by atoms with Crippen molar-refractivity contribution < 1.29 is 9.53 Å². The molecule has 0 aliphatic carbocycles. The number of hydrogen-bond acceptors (Lipinski definition) is 4. The Morgan fingerprint density at radius 2 is 2.39 bits per heavy atom. The molecule has 2 heterocycles. The predicted molar refractivity (Wildman–Crippen MR) is 66.8 cm³/mol. The summed E-state index contributed by atoms with van der Waals surface area (Å²) < 4.78 is 7.19. The predicted octanol–water partition coefficient (Wildman–Crippen LogP) is -0.151. The van der Waals surface area contributed by atoms with Gasteiger partial charge in [-0.05, 0) is 19.4 Å². The van der Waals surface area contributed by atoms with Crippen molar-refractivity contribution in [2.75, 3.05) is 26.8 Å². The van der Waals surface area contributed by atoms with E-state index in [0.29, 0.717) is 6.61 Å². The van der Waals surface area contributed by atoms with E-state index in [9.17, 15) is 4.79 Å². The quantitative estimate of drug-likeness (QED) is 0.764. The second-order valence-electron chi connectivity index (χ2n) is 4.72. The summed E-state index contributed by atoms with van der Waals surface area (Å²) in [5, 5.41) is 0. The van der Waals surface area contributed by atoms with E-state index in [-0.39, 0.29) is 5.91 Å². The van der Waals surface area contributed by atoms with Crippen LogP contribution in [0.3, 0.4) is 0 Å². The number of hydrogen-bond donors (Lipinski definition) is 1. The lowest BCUT2D eigenvalue weighted by molar-refractivity contribution is -0.132. The van der Waals surface area contributed by atoms with Crippen LogP contribution in [0.1, 0.15) is 12.8 Å². The monoisotopic (exact) mass is 252 g/mol. The average molecular weight is 252 g/mol. The number of ether oxygens (including phenoxy) is 1. The van der Waals surface area contributed by atoms with Crippen molar-refractivity contribution in [1.82, 2.24) is 14.5 Å². The Kier molecular flexibility index (Phi) is 3.98. The number of carbonyl (C=O) groups is 1. The lowest BCUT2D eigenvalue weighted by Crippen LogP contribution is -2.57. The van der Waals surface area contributed by atoms with E-state index in [2.05, 4.69) is 9.88 Å². The highest BCUT2D eigenvalue weighted by molar-refractivity contribution is 5.85. The Balaban J connectivity index is 2.03. The fraction of sp³-hybridized carbons (Fsp3) is 0.667. The van der Waals surface area contributed by atoms with Gasteiger partial charge in [0.1, 0.15) is 5.54 Å². The van der Waals surface area contributed by atoms with Crippen molar-refractivity contribution in [3.63, 3.8) is 0 Å². The molecule has 0 bridgehead atoms. The number of imidazole rings is 1. The summed E-state index contributed by atoms with van der Waals surface area (Å²) in [6.45, 7) is 2.84. The molecule has 1 atom stereocenters. The molecule has 1 aliphatic heterocycles. The third-order valence-electron chi connectivity index (χ3n) is 3.65. The van der Waals surface area contributed by atoms with Crippen LogP contribution >= 0.6 is 0 Å². The highest BCUT2D eigenvalue weighted by atomic mass is 16.5. The zero-order valence-electron chi connectivity index (χ0n) is 10.7. The van der Waals surface area contributed by atoms with Crippen molar-refractivity contribution in [3.8, 4) is 0 Å². The first kappa shape index (κ1) is 13.0.